The zero-order valence-corrected chi connectivity index (χ0v) is 15.3. The zero-order valence-electron chi connectivity index (χ0n) is 14.4. The van der Waals surface area contributed by atoms with Crippen LogP contribution in [0.25, 0.3) is 32.7 Å². The maximum atomic E-state index is 6.26. The average molecular weight is 358 g/mol. The number of nitrogen functional groups attached to an aromatic ring is 1. The van der Waals surface area contributed by atoms with Gasteiger partial charge in [0.15, 0.2) is 0 Å². The number of fused-ring (bicyclic) bond motifs is 1. The summed E-state index contributed by atoms with van der Waals surface area (Å²) in [6.45, 7) is 2.10. The van der Waals surface area contributed by atoms with Gasteiger partial charge in [-0.1, -0.05) is 12.1 Å². The van der Waals surface area contributed by atoms with Crippen LogP contribution in [0.1, 0.15) is 29.3 Å². The first-order valence-electron chi connectivity index (χ1n) is 8.78. The summed E-state index contributed by atoms with van der Waals surface area (Å²) in [7, 11) is 0. The van der Waals surface area contributed by atoms with Crippen molar-refractivity contribution in [2.45, 2.75) is 25.7 Å². The van der Waals surface area contributed by atoms with Crippen molar-refractivity contribution in [3.63, 3.8) is 0 Å². The van der Waals surface area contributed by atoms with Gasteiger partial charge in [-0.25, -0.2) is 9.97 Å². The highest BCUT2D eigenvalue weighted by Crippen LogP contribution is 2.44. The first-order valence-corrected chi connectivity index (χ1v) is 9.60. The molecule has 26 heavy (non-hydrogen) atoms. The fraction of sp³-hybridized carbons (Fsp3) is 0.190. The van der Waals surface area contributed by atoms with E-state index < -0.39 is 0 Å². The predicted octanol–water partition coefficient (Wildman–Crippen LogP) is 5.19. The second-order valence-electron chi connectivity index (χ2n) is 6.79. The summed E-state index contributed by atoms with van der Waals surface area (Å²) >= 11 is 1.72. The topological polar surface area (TPSA) is 64.7 Å². The lowest BCUT2D eigenvalue weighted by molar-refractivity contribution is 1.01. The molecule has 0 bridgehead atoms. The third-order valence-electron chi connectivity index (χ3n) is 4.77. The summed E-state index contributed by atoms with van der Waals surface area (Å²) in [4.78, 5) is 16.5. The Morgan fingerprint density at radius 1 is 1.04 bits per heavy atom. The summed E-state index contributed by atoms with van der Waals surface area (Å²) in [5.74, 6) is 1.03. The van der Waals surface area contributed by atoms with Crippen molar-refractivity contribution < 1.29 is 0 Å². The van der Waals surface area contributed by atoms with E-state index in [2.05, 4.69) is 42.2 Å². The third-order valence-corrected chi connectivity index (χ3v) is 5.77. The van der Waals surface area contributed by atoms with Crippen LogP contribution in [0.2, 0.25) is 0 Å². The maximum absolute atomic E-state index is 6.26. The summed E-state index contributed by atoms with van der Waals surface area (Å²) < 4.78 is 0. The largest absolute Gasteiger partial charge is 0.382 e. The van der Waals surface area contributed by atoms with Gasteiger partial charge >= 0.3 is 0 Å². The number of nitrogens with zero attached hydrogens (tertiary/aromatic N) is 3. The number of hydrogen-bond donors (Lipinski definition) is 1. The molecule has 1 aliphatic carbocycles. The molecule has 128 valence electrons. The zero-order chi connectivity index (χ0) is 17.7. The number of pyridine rings is 1. The number of aryl methyl sites for hydroxylation is 1. The Labute approximate surface area is 155 Å². The van der Waals surface area contributed by atoms with Crippen molar-refractivity contribution >= 4 is 28.1 Å². The molecule has 0 amide bonds. The van der Waals surface area contributed by atoms with Gasteiger partial charge in [0.25, 0.3) is 0 Å². The molecule has 4 aromatic rings. The van der Waals surface area contributed by atoms with Crippen molar-refractivity contribution in [3.8, 4) is 21.8 Å². The molecule has 0 atom stereocenters. The molecule has 3 aromatic heterocycles. The normalized spacial score (nSPS) is 14.0. The lowest BCUT2D eigenvalue weighted by Crippen LogP contribution is -2.04. The Balaban J connectivity index is 1.75. The number of anilines is 1. The molecule has 5 heteroatoms. The molecule has 3 heterocycles. The van der Waals surface area contributed by atoms with Crippen LogP contribution in [-0.4, -0.2) is 15.0 Å². The molecule has 0 saturated heterocycles. The summed E-state index contributed by atoms with van der Waals surface area (Å²) in [6, 6.07) is 14.5. The molecule has 0 aliphatic heterocycles. The standard InChI is InChI=1S/C21H18N4S/c1-12-4-9-17(26-12)20-18(24-19(13-5-6-13)21(22)25-20)15-7-8-16-14(11-15)3-2-10-23-16/h2-4,7-11,13H,5-6H2,1H3,(H2,22,25). The molecule has 0 radical (unpaired) electrons. The van der Waals surface area contributed by atoms with Crippen LogP contribution in [0.4, 0.5) is 5.82 Å². The Morgan fingerprint density at radius 3 is 2.69 bits per heavy atom. The second kappa shape index (κ2) is 5.88. The number of rotatable bonds is 3. The van der Waals surface area contributed by atoms with Crippen LogP contribution in [0, 0.1) is 6.92 Å². The van der Waals surface area contributed by atoms with E-state index in [1.54, 1.807) is 11.3 Å². The highest BCUT2D eigenvalue weighted by atomic mass is 32.1. The summed E-state index contributed by atoms with van der Waals surface area (Å²) in [6.07, 6.45) is 4.12. The fourth-order valence-corrected chi connectivity index (χ4v) is 4.13. The molecule has 1 aromatic carbocycles. The van der Waals surface area contributed by atoms with Crippen LogP contribution in [0.3, 0.4) is 0 Å². The van der Waals surface area contributed by atoms with Gasteiger partial charge in [0.1, 0.15) is 11.5 Å². The van der Waals surface area contributed by atoms with E-state index in [1.165, 1.54) is 4.88 Å². The van der Waals surface area contributed by atoms with E-state index in [4.69, 9.17) is 15.7 Å². The molecule has 0 spiro atoms. The van der Waals surface area contributed by atoms with Gasteiger partial charge < -0.3 is 5.73 Å². The maximum Gasteiger partial charge on any atom is 0.146 e. The third kappa shape index (κ3) is 2.65. The average Bonchev–Trinajstić information content (AvgIpc) is 3.41. The highest BCUT2D eigenvalue weighted by Gasteiger charge is 2.29. The smallest absolute Gasteiger partial charge is 0.146 e. The van der Waals surface area contributed by atoms with Gasteiger partial charge in [0.2, 0.25) is 0 Å². The van der Waals surface area contributed by atoms with Gasteiger partial charge in [0.05, 0.1) is 21.8 Å². The monoisotopic (exact) mass is 358 g/mol. The molecule has 1 aliphatic rings. The Bertz CT molecular complexity index is 1130. The van der Waals surface area contributed by atoms with Gasteiger partial charge in [-0.15, -0.1) is 11.3 Å². The van der Waals surface area contributed by atoms with Crippen molar-refractivity contribution in [1.29, 1.82) is 0 Å². The molecular weight excluding hydrogens is 340 g/mol. The van der Waals surface area contributed by atoms with E-state index in [0.717, 1.165) is 51.3 Å². The summed E-state index contributed by atoms with van der Waals surface area (Å²) in [5.41, 5.74) is 11.0. The number of thiophene rings is 1. The van der Waals surface area contributed by atoms with E-state index in [9.17, 15) is 0 Å². The molecule has 4 nitrogen and oxygen atoms in total. The van der Waals surface area contributed by atoms with Crippen LogP contribution in [0.5, 0.6) is 0 Å². The number of aromatic nitrogens is 3. The minimum Gasteiger partial charge on any atom is -0.382 e. The van der Waals surface area contributed by atoms with E-state index in [-0.39, 0.29) is 0 Å². The van der Waals surface area contributed by atoms with E-state index >= 15 is 0 Å². The minimum absolute atomic E-state index is 0.461. The molecule has 5 rings (SSSR count). The lowest BCUT2D eigenvalue weighted by Gasteiger charge is -2.12. The van der Waals surface area contributed by atoms with Crippen LogP contribution < -0.4 is 5.73 Å². The van der Waals surface area contributed by atoms with E-state index in [0.29, 0.717) is 11.7 Å². The van der Waals surface area contributed by atoms with Gasteiger partial charge in [-0.2, -0.15) is 0 Å². The molecule has 2 N–H and O–H groups in total. The first-order chi connectivity index (χ1) is 12.7. The Hall–Kier alpha value is -2.79. The Morgan fingerprint density at radius 2 is 1.92 bits per heavy atom. The predicted molar refractivity (Wildman–Crippen MR) is 107 cm³/mol. The molecule has 1 saturated carbocycles. The number of hydrogen-bond acceptors (Lipinski definition) is 5. The second-order valence-corrected chi connectivity index (χ2v) is 8.07. The Kier molecular flexibility index (Phi) is 3.50. The van der Waals surface area contributed by atoms with Crippen molar-refractivity contribution in [1.82, 2.24) is 15.0 Å². The van der Waals surface area contributed by atoms with Crippen LogP contribution >= 0.6 is 11.3 Å². The van der Waals surface area contributed by atoms with Gasteiger partial charge in [-0.05, 0) is 50.1 Å². The highest BCUT2D eigenvalue weighted by molar-refractivity contribution is 7.15. The molecule has 0 unspecified atom stereocenters. The van der Waals surface area contributed by atoms with Crippen LogP contribution in [0.15, 0.2) is 48.7 Å². The van der Waals surface area contributed by atoms with Crippen LogP contribution in [-0.2, 0) is 0 Å². The minimum atomic E-state index is 0.461. The number of nitrogens with two attached hydrogens (primary N) is 1. The molecule has 1 fully saturated rings. The fourth-order valence-electron chi connectivity index (χ4n) is 3.28. The van der Waals surface area contributed by atoms with Crippen molar-refractivity contribution in [3.05, 3.63) is 59.2 Å². The molecular formula is C21H18N4S. The SMILES string of the molecule is Cc1ccc(-c2nc(N)c(C3CC3)nc2-c2ccc3ncccc3c2)s1. The summed E-state index contributed by atoms with van der Waals surface area (Å²) in [5, 5.41) is 1.10. The number of benzene rings is 1. The lowest BCUT2D eigenvalue weighted by atomic mass is 10.0. The van der Waals surface area contributed by atoms with Gasteiger partial charge in [0, 0.05) is 27.9 Å². The van der Waals surface area contributed by atoms with Crippen molar-refractivity contribution in [2.24, 2.45) is 0 Å². The van der Waals surface area contributed by atoms with E-state index in [1.807, 2.05) is 18.3 Å². The van der Waals surface area contributed by atoms with Crippen molar-refractivity contribution in [2.75, 3.05) is 5.73 Å². The van der Waals surface area contributed by atoms with Gasteiger partial charge in [-0.3, -0.25) is 4.98 Å². The first kappa shape index (κ1) is 15.5. The quantitative estimate of drug-likeness (QED) is 0.547.